The van der Waals surface area contributed by atoms with E-state index in [4.69, 9.17) is 16.3 Å². The molecule has 6 nitrogen and oxygen atoms in total. The van der Waals surface area contributed by atoms with Gasteiger partial charge in [0, 0.05) is 10.6 Å². The van der Waals surface area contributed by atoms with Gasteiger partial charge in [-0.25, -0.2) is 9.82 Å². The first-order chi connectivity index (χ1) is 16.8. The van der Waals surface area contributed by atoms with Crippen LogP contribution >= 0.6 is 11.6 Å². The lowest BCUT2D eigenvalue weighted by molar-refractivity contribution is -0.123. The first-order valence-electron chi connectivity index (χ1n) is 11.2. The van der Waals surface area contributed by atoms with Crippen LogP contribution in [0.4, 0.5) is 4.39 Å². The fourth-order valence-corrected chi connectivity index (χ4v) is 3.32. The predicted octanol–water partition coefficient (Wildman–Crippen LogP) is 5.35. The van der Waals surface area contributed by atoms with Crippen molar-refractivity contribution < 1.29 is 18.7 Å². The maximum Gasteiger partial charge on any atom is 0.262 e. The second kappa shape index (κ2) is 12.7. The average molecular weight is 496 g/mol. The Labute approximate surface area is 209 Å². The first-order valence-corrected chi connectivity index (χ1v) is 11.5. The molecular weight excluding hydrogens is 469 g/mol. The molecule has 0 bridgehead atoms. The predicted molar refractivity (Wildman–Crippen MR) is 135 cm³/mol. The van der Waals surface area contributed by atoms with Gasteiger partial charge in [0.15, 0.2) is 0 Å². The van der Waals surface area contributed by atoms with Gasteiger partial charge in [-0.15, -0.1) is 0 Å². The van der Waals surface area contributed by atoms with Crippen molar-refractivity contribution in [2.24, 2.45) is 11.0 Å². The number of rotatable bonds is 10. The molecule has 0 saturated carbocycles. The summed E-state index contributed by atoms with van der Waals surface area (Å²) >= 11 is 5.87. The molecule has 0 aliphatic heterocycles. The lowest BCUT2D eigenvalue weighted by Crippen LogP contribution is -2.46. The number of carbonyl (C=O) groups is 2. The SMILES string of the molecule is CC(C)CC(NC(=O)c1ccc(Cl)cc1)C(=O)NN=Cc1ccc(OCc2ccc(F)cc2)cc1. The van der Waals surface area contributed by atoms with Crippen LogP contribution < -0.4 is 15.5 Å². The van der Waals surface area contributed by atoms with E-state index in [1.807, 2.05) is 13.8 Å². The molecule has 2 amide bonds. The number of ether oxygens (including phenoxy) is 1. The van der Waals surface area contributed by atoms with Crippen molar-refractivity contribution in [2.75, 3.05) is 0 Å². The van der Waals surface area contributed by atoms with Crippen molar-refractivity contribution in [1.29, 1.82) is 0 Å². The Kier molecular flexibility index (Phi) is 9.38. The van der Waals surface area contributed by atoms with Gasteiger partial charge in [0.1, 0.15) is 24.2 Å². The van der Waals surface area contributed by atoms with E-state index < -0.39 is 11.9 Å². The highest BCUT2D eigenvalue weighted by atomic mass is 35.5. The number of nitrogens with one attached hydrogen (secondary N) is 2. The normalized spacial score (nSPS) is 11.9. The summed E-state index contributed by atoms with van der Waals surface area (Å²) in [6.07, 6.45) is 1.97. The minimum absolute atomic E-state index is 0.183. The molecule has 3 aromatic rings. The van der Waals surface area contributed by atoms with Crippen molar-refractivity contribution in [1.82, 2.24) is 10.7 Å². The molecule has 2 N–H and O–H groups in total. The second-order valence-corrected chi connectivity index (χ2v) is 8.82. The topological polar surface area (TPSA) is 79.8 Å². The average Bonchev–Trinajstić information content (AvgIpc) is 2.84. The number of halogens is 2. The third-order valence-corrected chi connectivity index (χ3v) is 5.27. The number of carbonyl (C=O) groups excluding carboxylic acids is 2. The van der Waals surface area contributed by atoms with Crippen molar-refractivity contribution >= 4 is 29.6 Å². The highest BCUT2D eigenvalue weighted by molar-refractivity contribution is 6.30. The summed E-state index contributed by atoms with van der Waals surface area (Å²) in [7, 11) is 0. The fourth-order valence-electron chi connectivity index (χ4n) is 3.19. The van der Waals surface area contributed by atoms with Crippen LogP contribution in [0.25, 0.3) is 0 Å². The number of hydrogen-bond acceptors (Lipinski definition) is 4. The summed E-state index contributed by atoms with van der Waals surface area (Å²) in [6, 6.07) is 19.0. The van der Waals surface area contributed by atoms with Gasteiger partial charge in [-0.2, -0.15) is 5.10 Å². The summed E-state index contributed by atoms with van der Waals surface area (Å²) in [5.41, 5.74) is 4.53. The minimum atomic E-state index is -0.738. The van der Waals surface area contributed by atoms with Crippen molar-refractivity contribution in [2.45, 2.75) is 32.9 Å². The quantitative estimate of drug-likeness (QED) is 0.294. The van der Waals surface area contributed by atoms with Crippen LogP contribution in [0, 0.1) is 11.7 Å². The van der Waals surface area contributed by atoms with E-state index in [2.05, 4.69) is 15.8 Å². The summed E-state index contributed by atoms with van der Waals surface area (Å²) in [5, 5.41) is 7.32. The number of nitrogens with zero attached hydrogens (tertiary/aromatic N) is 1. The van der Waals surface area contributed by atoms with E-state index in [9.17, 15) is 14.0 Å². The van der Waals surface area contributed by atoms with E-state index in [-0.39, 0.29) is 17.6 Å². The maximum absolute atomic E-state index is 13.0. The Morgan fingerprint density at radius 2 is 1.66 bits per heavy atom. The molecule has 1 atom stereocenters. The Balaban J connectivity index is 1.53. The van der Waals surface area contributed by atoms with E-state index in [1.165, 1.54) is 18.3 Å². The molecule has 8 heteroatoms. The zero-order valence-corrected chi connectivity index (χ0v) is 20.3. The van der Waals surface area contributed by atoms with Crippen LogP contribution in [-0.2, 0) is 11.4 Å². The van der Waals surface area contributed by atoms with Gasteiger partial charge >= 0.3 is 0 Å². The summed E-state index contributed by atoms with van der Waals surface area (Å²) < 4.78 is 18.7. The molecule has 3 aromatic carbocycles. The highest BCUT2D eigenvalue weighted by Crippen LogP contribution is 2.14. The zero-order chi connectivity index (χ0) is 25.2. The minimum Gasteiger partial charge on any atom is -0.489 e. The summed E-state index contributed by atoms with van der Waals surface area (Å²) in [5.74, 6) is -0.219. The number of hydrazone groups is 1. The molecule has 0 saturated heterocycles. The number of benzene rings is 3. The smallest absolute Gasteiger partial charge is 0.262 e. The van der Waals surface area contributed by atoms with Crippen molar-refractivity contribution in [3.63, 3.8) is 0 Å². The second-order valence-electron chi connectivity index (χ2n) is 8.38. The number of hydrogen-bond donors (Lipinski definition) is 2. The molecule has 0 heterocycles. The Hall–Kier alpha value is -3.71. The Morgan fingerprint density at radius 1 is 1.00 bits per heavy atom. The molecule has 35 heavy (non-hydrogen) atoms. The Morgan fingerprint density at radius 3 is 2.29 bits per heavy atom. The van der Waals surface area contributed by atoms with E-state index >= 15 is 0 Å². The van der Waals surface area contributed by atoms with E-state index in [0.717, 1.165) is 11.1 Å². The van der Waals surface area contributed by atoms with Crippen LogP contribution in [-0.4, -0.2) is 24.1 Å². The van der Waals surface area contributed by atoms with Crippen LogP contribution in [0.5, 0.6) is 5.75 Å². The fraction of sp³-hybridized carbons (Fsp3) is 0.222. The van der Waals surface area contributed by atoms with Crippen LogP contribution in [0.2, 0.25) is 5.02 Å². The molecule has 0 fully saturated rings. The number of amides is 2. The van der Waals surface area contributed by atoms with Gasteiger partial charge < -0.3 is 10.1 Å². The molecule has 0 spiro atoms. The van der Waals surface area contributed by atoms with Gasteiger partial charge in [-0.05, 0) is 84.1 Å². The summed E-state index contributed by atoms with van der Waals surface area (Å²) in [4.78, 5) is 25.2. The molecule has 0 aliphatic rings. The molecule has 0 aliphatic carbocycles. The lowest BCUT2D eigenvalue weighted by atomic mass is 10.0. The summed E-state index contributed by atoms with van der Waals surface area (Å²) in [6.45, 7) is 4.26. The maximum atomic E-state index is 13.0. The van der Waals surface area contributed by atoms with Crippen LogP contribution in [0.15, 0.2) is 77.9 Å². The van der Waals surface area contributed by atoms with Crippen molar-refractivity contribution in [3.8, 4) is 5.75 Å². The molecule has 0 radical (unpaired) electrons. The Bertz CT molecular complexity index is 1150. The lowest BCUT2D eigenvalue weighted by Gasteiger charge is -2.19. The van der Waals surface area contributed by atoms with E-state index in [0.29, 0.717) is 29.4 Å². The molecule has 1 unspecified atom stereocenters. The van der Waals surface area contributed by atoms with Crippen molar-refractivity contribution in [3.05, 3.63) is 100 Å². The first kappa shape index (κ1) is 25.9. The third-order valence-electron chi connectivity index (χ3n) is 5.02. The van der Waals surface area contributed by atoms with Gasteiger partial charge in [0.2, 0.25) is 0 Å². The monoisotopic (exact) mass is 495 g/mol. The largest absolute Gasteiger partial charge is 0.489 e. The molecule has 0 aromatic heterocycles. The van der Waals surface area contributed by atoms with Gasteiger partial charge in [0.25, 0.3) is 11.8 Å². The molecule has 3 rings (SSSR count). The molecule has 182 valence electrons. The van der Waals surface area contributed by atoms with Crippen LogP contribution in [0.3, 0.4) is 0 Å². The van der Waals surface area contributed by atoms with E-state index in [1.54, 1.807) is 60.7 Å². The zero-order valence-electron chi connectivity index (χ0n) is 19.5. The molecular formula is C27H27ClFN3O3. The third kappa shape index (κ3) is 8.54. The van der Waals surface area contributed by atoms with Gasteiger partial charge in [0.05, 0.1) is 6.21 Å². The van der Waals surface area contributed by atoms with Crippen LogP contribution in [0.1, 0.15) is 41.8 Å². The standard InChI is InChI=1S/C27H27ClFN3O3/c1-18(2)15-25(31-26(33)21-7-9-22(28)10-8-21)27(34)32-30-16-19-5-13-24(14-6-19)35-17-20-3-11-23(29)12-4-20/h3-14,16,18,25H,15,17H2,1-2H3,(H,31,33)(H,32,34). The highest BCUT2D eigenvalue weighted by Gasteiger charge is 2.22. The van der Waals surface area contributed by atoms with Gasteiger partial charge in [-0.1, -0.05) is 37.6 Å². The van der Waals surface area contributed by atoms with Gasteiger partial charge in [-0.3, -0.25) is 9.59 Å².